The minimum absolute atomic E-state index is 0.126. The van der Waals surface area contributed by atoms with Gasteiger partial charge in [-0.1, -0.05) is 6.92 Å². The average Bonchev–Trinajstić information content (AvgIpc) is 2.67. The van der Waals surface area contributed by atoms with Crippen LogP contribution in [0.3, 0.4) is 0 Å². The highest BCUT2D eigenvalue weighted by Crippen LogP contribution is 2.37. The Hall–Kier alpha value is -1.72. The Morgan fingerprint density at radius 3 is 2.79 bits per heavy atom. The van der Waals surface area contributed by atoms with E-state index in [0.717, 1.165) is 30.7 Å². The molecule has 2 N–H and O–H groups in total. The molecule has 3 atom stereocenters. The van der Waals surface area contributed by atoms with Crippen LogP contribution in [0.25, 0.3) is 10.9 Å². The van der Waals surface area contributed by atoms with Crippen LogP contribution in [0.15, 0.2) is 12.1 Å². The maximum Gasteiger partial charge on any atom is 0.140 e. The Kier molecular flexibility index (Phi) is 6.49. The standard InChI is InChI=1S/C22H28FN3O2S/c1-13(10-22(3,4)29(25)27)17-8-16(23)9-18-19(11-24)14(2)20(26-21(17)18)15-6-5-7-28-12-15/h8-9,13,15H,5-7,10,12,25H2,1-4H3/t13-,15?,29?/m1/s1. The topological polar surface area (TPSA) is 95.0 Å². The van der Waals surface area contributed by atoms with E-state index in [0.29, 0.717) is 35.1 Å². The lowest BCUT2D eigenvalue weighted by molar-refractivity contribution is 0.0792. The Balaban J connectivity index is 2.19. The molecule has 5 nitrogen and oxygen atoms in total. The van der Waals surface area contributed by atoms with Gasteiger partial charge in [0, 0.05) is 35.7 Å². The van der Waals surface area contributed by atoms with Crippen LogP contribution in [-0.4, -0.2) is 27.5 Å². The van der Waals surface area contributed by atoms with Gasteiger partial charge in [0.2, 0.25) is 0 Å². The molecular weight excluding hydrogens is 389 g/mol. The molecule has 3 rings (SSSR count). The number of fused-ring (bicyclic) bond motifs is 1. The fourth-order valence-corrected chi connectivity index (χ4v) is 4.69. The van der Waals surface area contributed by atoms with Crippen LogP contribution < -0.4 is 5.14 Å². The summed E-state index contributed by atoms with van der Waals surface area (Å²) in [6.45, 7) is 8.83. The fourth-order valence-electron chi connectivity index (χ4n) is 4.27. The van der Waals surface area contributed by atoms with Crippen molar-refractivity contribution in [2.45, 2.75) is 63.5 Å². The van der Waals surface area contributed by atoms with Gasteiger partial charge in [-0.2, -0.15) is 10.4 Å². The van der Waals surface area contributed by atoms with Gasteiger partial charge < -0.3 is 9.29 Å². The summed E-state index contributed by atoms with van der Waals surface area (Å²) in [5, 5.41) is 16.0. The van der Waals surface area contributed by atoms with E-state index in [9.17, 15) is 14.2 Å². The van der Waals surface area contributed by atoms with E-state index in [1.807, 2.05) is 27.7 Å². The average molecular weight is 418 g/mol. The molecule has 0 aliphatic carbocycles. The lowest BCUT2D eigenvalue weighted by Gasteiger charge is -2.28. The zero-order valence-electron chi connectivity index (χ0n) is 17.4. The van der Waals surface area contributed by atoms with Gasteiger partial charge in [0.1, 0.15) is 16.6 Å². The summed E-state index contributed by atoms with van der Waals surface area (Å²) in [4.78, 5) is 4.94. The summed E-state index contributed by atoms with van der Waals surface area (Å²) in [6.07, 6.45) is 2.42. The third kappa shape index (κ3) is 4.41. The van der Waals surface area contributed by atoms with E-state index in [1.165, 1.54) is 12.1 Å². The van der Waals surface area contributed by atoms with Crippen molar-refractivity contribution in [3.05, 3.63) is 40.3 Å². The highest BCUT2D eigenvalue weighted by atomic mass is 32.2. The van der Waals surface area contributed by atoms with Crippen LogP contribution in [0.5, 0.6) is 0 Å². The monoisotopic (exact) mass is 417 g/mol. The van der Waals surface area contributed by atoms with Crippen LogP contribution in [0.1, 0.15) is 74.3 Å². The Bertz CT molecular complexity index is 949. The van der Waals surface area contributed by atoms with Crippen molar-refractivity contribution in [2.75, 3.05) is 13.2 Å². The third-order valence-corrected chi connectivity index (χ3v) is 7.15. The summed E-state index contributed by atoms with van der Waals surface area (Å²) in [5.74, 6) is -0.410. The van der Waals surface area contributed by atoms with Crippen LogP contribution >= 0.6 is 0 Å². The first-order valence-corrected chi connectivity index (χ1v) is 11.1. The fraction of sp³-hybridized carbons (Fsp3) is 0.545. The van der Waals surface area contributed by atoms with Crippen molar-refractivity contribution in [3.63, 3.8) is 0 Å². The molecule has 2 unspecified atom stereocenters. The molecule has 1 aliphatic heterocycles. The Morgan fingerprint density at radius 2 is 2.21 bits per heavy atom. The summed E-state index contributed by atoms with van der Waals surface area (Å²) in [7, 11) is 0. The number of benzene rings is 1. The molecule has 29 heavy (non-hydrogen) atoms. The van der Waals surface area contributed by atoms with Crippen molar-refractivity contribution >= 4 is 22.3 Å². The first-order chi connectivity index (χ1) is 13.7. The number of hydrogen-bond donors (Lipinski definition) is 1. The SMILES string of the molecule is Cc1c(C2CCCOC2)nc2c([C@H](C)CC(C)(C)[S+](N)[O-])cc(F)cc2c1C#N. The number of nitriles is 1. The number of aromatic nitrogens is 1. The zero-order valence-corrected chi connectivity index (χ0v) is 18.2. The summed E-state index contributed by atoms with van der Waals surface area (Å²) >= 11 is -1.51. The number of pyridine rings is 1. The number of nitrogens with zero attached hydrogens (tertiary/aromatic N) is 2. The maximum absolute atomic E-state index is 14.5. The smallest absolute Gasteiger partial charge is 0.140 e. The van der Waals surface area contributed by atoms with Crippen LogP contribution in [0.2, 0.25) is 0 Å². The van der Waals surface area contributed by atoms with Gasteiger partial charge in [-0.15, -0.1) is 0 Å². The number of rotatable bonds is 5. The van der Waals surface area contributed by atoms with Crippen LogP contribution in [-0.2, 0) is 16.1 Å². The van der Waals surface area contributed by atoms with Crippen molar-refractivity contribution in [2.24, 2.45) is 5.14 Å². The van der Waals surface area contributed by atoms with Gasteiger partial charge in [0.25, 0.3) is 0 Å². The molecule has 156 valence electrons. The van der Waals surface area contributed by atoms with Crippen LogP contribution in [0, 0.1) is 24.1 Å². The van der Waals surface area contributed by atoms with E-state index < -0.39 is 21.9 Å². The van der Waals surface area contributed by atoms with Gasteiger partial charge in [-0.05, 0) is 62.8 Å². The number of ether oxygens (including phenoxy) is 1. The van der Waals surface area contributed by atoms with Crippen molar-refractivity contribution < 1.29 is 13.7 Å². The molecule has 1 saturated heterocycles. The van der Waals surface area contributed by atoms with E-state index in [1.54, 1.807) is 0 Å². The van der Waals surface area contributed by atoms with Gasteiger partial charge in [-0.3, -0.25) is 4.98 Å². The maximum atomic E-state index is 14.5. The normalized spacial score (nSPS) is 19.7. The number of nitrogens with two attached hydrogens (primary N) is 1. The van der Waals surface area contributed by atoms with E-state index in [2.05, 4.69) is 6.07 Å². The van der Waals surface area contributed by atoms with Gasteiger partial charge in [-0.25, -0.2) is 4.39 Å². The molecule has 1 aliphatic rings. The molecule has 0 radical (unpaired) electrons. The lowest BCUT2D eigenvalue weighted by Crippen LogP contribution is -2.38. The predicted molar refractivity (Wildman–Crippen MR) is 113 cm³/mol. The van der Waals surface area contributed by atoms with Crippen molar-refractivity contribution in [3.8, 4) is 6.07 Å². The highest BCUT2D eigenvalue weighted by molar-refractivity contribution is 7.90. The van der Waals surface area contributed by atoms with Gasteiger partial charge in [0.05, 0.1) is 23.4 Å². The molecule has 1 fully saturated rings. The van der Waals surface area contributed by atoms with Crippen LogP contribution in [0.4, 0.5) is 4.39 Å². The van der Waals surface area contributed by atoms with E-state index in [-0.39, 0.29) is 11.8 Å². The van der Waals surface area contributed by atoms with E-state index >= 15 is 0 Å². The first-order valence-electron chi connectivity index (χ1n) is 9.93. The molecule has 0 amide bonds. The molecule has 2 aromatic rings. The summed E-state index contributed by atoms with van der Waals surface area (Å²) < 4.78 is 31.4. The molecule has 2 heterocycles. The predicted octanol–water partition coefficient (Wildman–Crippen LogP) is 4.34. The molecular formula is C22H28FN3O2S. The molecule has 1 aromatic carbocycles. The minimum atomic E-state index is -1.51. The number of halogens is 1. The molecule has 0 spiro atoms. The summed E-state index contributed by atoms with van der Waals surface area (Å²) in [5.41, 5.74) is 3.47. The molecule has 0 bridgehead atoms. The number of hydrogen-bond acceptors (Lipinski definition) is 5. The largest absolute Gasteiger partial charge is 0.598 e. The Morgan fingerprint density at radius 1 is 1.48 bits per heavy atom. The van der Waals surface area contributed by atoms with Crippen molar-refractivity contribution in [1.82, 2.24) is 4.98 Å². The molecule has 1 aromatic heterocycles. The Labute approximate surface area is 174 Å². The second-order valence-electron chi connectivity index (χ2n) is 8.58. The third-order valence-electron chi connectivity index (χ3n) is 5.90. The van der Waals surface area contributed by atoms with Gasteiger partial charge in [0.15, 0.2) is 0 Å². The molecule has 0 saturated carbocycles. The lowest BCUT2D eigenvalue weighted by atomic mass is 9.87. The quantitative estimate of drug-likeness (QED) is 0.730. The minimum Gasteiger partial charge on any atom is -0.598 e. The van der Waals surface area contributed by atoms with Crippen molar-refractivity contribution in [1.29, 1.82) is 5.26 Å². The summed E-state index contributed by atoms with van der Waals surface area (Å²) in [6, 6.07) is 5.13. The zero-order chi connectivity index (χ0) is 21.3. The first kappa shape index (κ1) is 22.0. The molecule has 7 heteroatoms. The van der Waals surface area contributed by atoms with E-state index in [4.69, 9.17) is 14.9 Å². The highest BCUT2D eigenvalue weighted by Gasteiger charge is 2.33. The van der Waals surface area contributed by atoms with Gasteiger partial charge >= 0.3 is 0 Å². The second kappa shape index (κ2) is 8.57. The second-order valence-corrected chi connectivity index (χ2v) is 10.3.